The van der Waals surface area contributed by atoms with Crippen LogP contribution in [0.5, 0.6) is 5.75 Å². The molecule has 0 saturated carbocycles. The summed E-state index contributed by atoms with van der Waals surface area (Å²) >= 11 is 0. The molecule has 0 fully saturated rings. The van der Waals surface area contributed by atoms with Gasteiger partial charge in [0, 0.05) is 25.3 Å². The molecule has 6 nitrogen and oxygen atoms in total. The molecule has 25 heavy (non-hydrogen) atoms. The number of amides is 1. The summed E-state index contributed by atoms with van der Waals surface area (Å²) in [5.74, 6) is -0.0271. The molecule has 0 spiro atoms. The van der Waals surface area contributed by atoms with E-state index in [9.17, 15) is 19.3 Å². The molecule has 130 valence electrons. The third kappa shape index (κ3) is 5.72. The number of carbonyl (C=O) groups is 1. The number of rotatable bonds is 7. The van der Waals surface area contributed by atoms with Gasteiger partial charge in [-0.25, -0.2) is 4.39 Å². The number of carbonyl (C=O) groups excluding carboxylic acids is 1. The third-order valence-corrected chi connectivity index (χ3v) is 3.41. The van der Waals surface area contributed by atoms with E-state index in [4.69, 9.17) is 4.74 Å². The molecule has 0 aromatic heterocycles. The van der Waals surface area contributed by atoms with Gasteiger partial charge in [-0.1, -0.05) is 0 Å². The van der Waals surface area contributed by atoms with E-state index in [1.807, 2.05) is 0 Å². The van der Waals surface area contributed by atoms with Crippen molar-refractivity contribution in [2.45, 2.75) is 0 Å². The number of hydrogen-bond donors (Lipinski definition) is 0. The lowest BCUT2D eigenvalue weighted by Crippen LogP contribution is -2.29. The van der Waals surface area contributed by atoms with Gasteiger partial charge in [0.05, 0.1) is 11.5 Å². The Balaban J connectivity index is 1.80. The number of likely N-dealkylation sites (N-methyl/N-ethyl adjacent to an activating group) is 1. The van der Waals surface area contributed by atoms with Crippen molar-refractivity contribution in [3.63, 3.8) is 0 Å². The molecular formula is C18H17FN2O4. The zero-order valence-electron chi connectivity index (χ0n) is 13.6. The van der Waals surface area contributed by atoms with Crippen molar-refractivity contribution in [2.75, 3.05) is 20.2 Å². The van der Waals surface area contributed by atoms with Crippen LogP contribution in [-0.2, 0) is 4.79 Å². The van der Waals surface area contributed by atoms with E-state index in [-0.39, 0.29) is 24.0 Å². The highest BCUT2D eigenvalue weighted by Gasteiger charge is 2.06. The molecule has 0 saturated heterocycles. The fourth-order valence-corrected chi connectivity index (χ4v) is 1.94. The third-order valence-electron chi connectivity index (χ3n) is 3.41. The normalized spacial score (nSPS) is 10.6. The fourth-order valence-electron chi connectivity index (χ4n) is 1.94. The Morgan fingerprint density at radius 1 is 1.20 bits per heavy atom. The van der Waals surface area contributed by atoms with Crippen LogP contribution in [0.3, 0.4) is 0 Å². The molecular weight excluding hydrogens is 327 g/mol. The summed E-state index contributed by atoms with van der Waals surface area (Å²) in [7, 11) is 1.64. The molecule has 0 bridgehead atoms. The van der Waals surface area contributed by atoms with E-state index in [1.54, 1.807) is 25.3 Å². The van der Waals surface area contributed by atoms with E-state index in [2.05, 4.69) is 0 Å². The van der Waals surface area contributed by atoms with Crippen molar-refractivity contribution < 1.29 is 18.8 Å². The van der Waals surface area contributed by atoms with Gasteiger partial charge in [0.15, 0.2) is 0 Å². The number of non-ortho nitro benzene ring substituents is 1. The second-order valence-corrected chi connectivity index (χ2v) is 5.24. The van der Waals surface area contributed by atoms with Crippen molar-refractivity contribution in [1.29, 1.82) is 0 Å². The zero-order valence-corrected chi connectivity index (χ0v) is 13.6. The fraction of sp³-hybridized carbons (Fsp3) is 0.167. The maximum Gasteiger partial charge on any atom is 0.269 e. The van der Waals surface area contributed by atoms with Crippen LogP contribution in [0.1, 0.15) is 5.56 Å². The van der Waals surface area contributed by atoms with Crippen molar-refractivity contribution in [3.05, 3.63) is 76.1 Å². The van der Waals surface area contributed by atoms with E-state index >= 15 is 0 Å². The van der Waals surface area contributed by atoms with Gasteiger partial charge in [0.25, 0.3) is 5.69 Å². The molecule has 2 rings (SSSR count). The zero-order chi connectivity index (χ0) is 18.2. The molecule has 7 heteroatoms. The van der Waals surface area contributed by atoms with Crippen molar-refractivity contribution in [1.82, 2.24) is 4.90 Å². The first-order chi connectivity index (χ1) is 12.0. The molecule has 0 N–H and O–H groups in total. The van der Waals surface area contributed by atoms with Crippen LogP contribution in [0.2, 0.25) is 0 Å². The van der Waals surface area contributed by atoms with Gasteiger partial charge in [0.2, 0.25) is 5.91 Å². The Labute approximate surface area is 144 Å². The highest BCUT2D eigenvalue weighted by Crippen LogP contribution is 2.13. The highest BCUT2D eigenvalue weighted by molar-refractivity contribution is 5.91. The molecule has 0 atom stereocenters. The lowest BCUT2D eigenvalue weighted by molar-refractivity contribution is -0.384. The van der Waals surface area contributed by atoms with Gasteiger partial charge in [0.1, 0.15) is 18.2 Å². The molecule has 0 aliphatic carbocycles. The van der Waals surface area contributed by atoms with Gasteiger partial charge >= 0.3 is 0 Å². The topological polar surface area (TPSA) is 72.7 Å². The van der Waals surface area contributed by atoms with Crippen molar-refractivity contribution >= 4 is 17.7 Å². The van der Waals surface area contributed by atoms with Crippen LogP contribution >= 0.6 is 0 Å². The molecule has 0 radical (unpaired) electrons. The summed E-state index contributed by atoms with van der Waals surface area (Å²) < 4.78 is 18.2. The summed E-state index contributed by atoms with van der Waals surface area (Å²) in [6.07, 6.45) is 2.97. The van der Waals surface area contributed by atoms with Crippen LogP contribution in [0, 0.1) is 15.9 Å². The molecule has 2 aromatic rings. The van der Waals surface area contributed by atoms with Crippen molar-refractivity contribution in [3.8, 4) is 5.75 Å². The summed E-state index contributed by atoms with van der Waals surface area (Å²) in [6, 6.07) is 11.5. The van der Waals surface area contributed by atoms with E-state index in [0.717, 1.165) is 0 Å². The summed E-state index contributed by atoms with van der Waals surface area (Å²) in [4.78, 5) is 23.6. The number of hydrogen-bond acceptors (Lipinski definition) is 4. The van der Waals surface area contributed by atoms with Crippen LogP contribution in [0.25, 0.3) is 6.08 Å². The monoisotopic (exact) mass is 344 g/mol. The standard InChI is InChI=1S/C18H17FN2O4/c1-20(12-13-25-17-9-5-15(19)6-10-17)18(22)11-4-14-2-7-16(8-3-14)21(23)24/h2-11H,12-13H2,1H3/b11-4+. The minimum Gasteiger partial charge on any atom is -0.492 e. The lowest BCUT2D eigenvalue weighted by atomic mass is 10.2. The quantitative estimate of drug-likeness (QED) is 0.439. The first-order valence-electron chi connectivity index (χ1n) is 7.52. The number of benzene rings is 2. The first kappa shape index (κ1) is 18.1. The van der Waals surface area contributed by atoms with Crippen molar-refractivity contribution in [2.24, 2.45) is 0 Å². The minimum absolute atomic E-state index is 0.00136. The summed E-state index contributed by atoms with van der Waals surface area (Å²) in [5.41, 5.74) is 0.688. The van der Waals surface area contributed by atoms with Crippen LogP contribution < -0.4 is 4.74 Å². The van der Waals surface area contributed by atoms with E-state index in [0.29, 0.717) is 17.9 Å². The SMILES string of the molecule is CN(CCOc1ccc(F)cc1)C(=O)/C=C/c1ccc([N+](=O)[O-])cc1. The smallest absolute Gasteiger partial charge is 0.269 e. The Bertz CT molecular complexity index is 758. The maximum absolute atomic E-state index is 12.8. The molecule has 0 unspecified atom stereocenters. The average Bonchev–Trinajstić information content (AvgIpc) is 2.61. The summed E-state index contributed by atoms with van der Waals surface area (Å²) in [6.45, 7) is 0.639. The number of nitrogens with zero attached hydrogens (tertiary/aromatic N) is 2. The van der Waals surface area contributed by atoms with Crippen LogP contribution in [0.4, 0.5) is 10.1 Å². The van der Waals surface area contributed by atoms with Gasteiger partial charge in [-0.3, -0.25) is 14.9 Å². The van der Waals surface area contributed by atoms with E-state index in [1.165, 1.54) is 47.4 Å². The maximum atomic E-state index is 12.8. The minimum atomic E-state index is -0.479. The highest BCUT2D eigenvalue weighted by atomic mass is 19.1. The molecule has 0 heterocycles. The largest absolute Gasteiger partial charge is 0.492 e. The molecule has 1 amide bonds. The molecule has 0 aliphatic heterocycles. The van der Waals surface area contributed by atoms with E-state index < -0.39 is 4.92 Å². The average molecular weight is 344 g/mol. The number of nitro benzene ring substituents is 1. The Morgan fingerprint density at radius 2 is 1.84 bits per heavy atom. The predicted octanol–water partition coefficient (Wildman–Crippen LogP) is 3.28. The Morgan fingerprint density at radius 3 is 2.44 bits per heavy atom. The van der Waals surface area contributed by atoms with Gasteiger partial charge < -0.3 is 9.64 Å². The lowest BCUT2D eigenvalue weighted by Gasteiger charge is -2.15. The van der Waals surface area contributed by atoms with Crippen LogP contribution in [-0.4, -0.2) is 35.9 Å². The number of halogens is 1. The molecule has 0 aliphatic rings. The van der Waals surface area contributed by atoms with Crippen LogP contribution in [0.15, 0.2) is 54.6 Å². The first-order valence-corrected chi connectivity index (χ1v) is 7.52. The number of ether oxygens (including phenoxy) is 1. The van der Waals surface area contributed by atoms with Gasteiger partial charge in [-0.05, 0) is 48.0 Å². The second-order valence-electron chi connectivity index (χ2n) is 5.24. The van der Waals surface area contributed by atoms with Gasteiger partial charge in [-0.2, -0.15) is 0 Å². The number of nitro groups is 1. The van der Waals surface area contributed by atoms with Gasteiger partial charge in [-0.15, -0.1) is 0 Å². The summed E-state index contributed by atoms with van der Waals surface area (Å²) in [5, 5.41) is 10.6. The predicted molar refractivity (Wildman–Crippen MR) is 91.7 cm³/mol. The second kappa shape index (κ2) is 8.58. The molecule has 2 aromatic carbocycles. The Hall–Kier alpha value is -3.22. The Kier molecular flexibility index (Phi) is 6.22.